The van der Waals surface area contributed by atoms with Gasteiger partial charge in [-0.2, -0.15) is 0 Å². The average Bonchev–Trinajstić information content (AvgIpc) is 2.90. The molecular weight excluding hydrogens is 390 g/mol. The van der Waals surface area contributed by atoms with Gasteiger partial charge in [0.15, 0.2) is 9.84 Å². The number of thiocarbonyl (C=S) groups is 1. The van der Waals surface area contributed by atoms with Crippen LogP contribution in [-0.2, 0) is 21.2 Å². The van der Waals surface area contributed by atoms with Crippen molar-refractivity contribution < 1.29 is 17.9 Å². The van der Waals surface area contributed by atoms with Gasteiger partial charge in [0.25, 0.3) is 5.91 Å². The molecule has 1 amide bonds. The van der Waals surface area contributed by atoms with Crippen LogP contribution >= 0.6 is 24.0 Å². The Labute approximate surface area is 161 Å². The second-order valence-corrected chi connectivity index (χ2v) is 9.30. The normalized spacial score (nSPS) is 16.0. The molecule has 0 aliphatic carbocycles. The van der Waals surface area contributed by atoms with Gasteiger partial charge in [-0.25, -0.2) is 8.42 Å². The van der Waals surface area contributed by atoms with E-state index in [-0.39, 0.29) is 17.4 Å². The van der Waals surface area contributed by atoms with E-state index in [2.05, 4.69) is 5.32 Å². The van der Waals surface area contributed by atoms with Crippen molar-refractivity contribution in [3.63, 3.8) is 0 Å². The maximum absolute atomic E-state index is 11.9. The number of hydrogen-bond acceptors (Lipinski definition) is 6. The van der Waals surface area contributed by atoms with E-state index in [0.717, 1.165) is 5.56 Å². The lowest BCUT2D eigenvalue weighted by molar-refractivity contribution is -0.115. The van der Waals surface area contributed by atoms with Crippen molar-refractivity contribution in [1.82, 2.24) is 5.32 Å². The molecule has 1 saturated heterocycles. The number of carbonyl (C=O) groups excluding carboxylic acids is 1. The van der Waals surface area contributed by atoms with Crippen LogP contribution in [-0.4, -0.2) is 24.9 Å². The summed E-state index contributed by atoms with van der Waals surface area (Å²) in [7, 11) is -3.32. The quantitative estimate of drug-likeness (QED) is 0.609. The summed E-state index contributed by atoms with van der Waals surface area (Å²) in [6, 6.07) is 14.0. The van der Waals surface area contributed by atoms with Gasteiger partial charge in [-0.15, -0.1) is 0 Å². The zero-order valence-corrected chi connectivity index (χ0v) is 16.2. The van der Waals surface area contributed by atoms with Crippen LogP contribution in [0.25, 0.3) is 6.08 Å². The van der Waals surface area contributed by atoms with Crippen molar-refractivity contribution in [3.8, 4) is 5.75 Å². The van der Waals surface area contributed by atoms with E-state index < -0.39 is 9.84 Å². The number of rotatable bonds is 5. The second-order valence-electron chi connectivity index (χ2n) is 5.59. The number of ether oxygens (including phenoxy) is 1. The first-order valence-corrected chi connectivity index (χ1v) is 10.7. The predicted octanol–water partition coefficient (Wildman–Crippen LogP) is 3.16. The standard InChI is InChI=1S/C18H15NO4S3/c1-26(21,22)16-8-3-2-6-13(16)11-23-14-7-4-5-12(9-14)10-15-17(20)19-18(24)25-15/h2-10H,11H2,1H3,(H,19,20,24). The molecule has 2 aromatic carbocycles. The lowest BCUT2D eigenvalue weighted by Gasteiger charge is -2.10. The Morgan fingerprint density at radius 2 is 1.96 bits per heavy atom. The van der Waals surface area contributed by atoms with Gasteiger partial charge >= 0.3 is 0 Å². The van der Waals surface area contributed by atoms with Crippen molar-refractivity contribution in [2.45, 2.75) is 11.5 Å². The van der Waals surface area contributed by atoms with Crippen molar-refractivity contribution in [2.24, 2.45) is 0 Å². The first-order valence-electron chi connectivity index (χ1n) is 7.58. The number of carbonyl (C=O) groups is 1. The van der Waals surface area contributed by atoms with Crippen LogP contribution in [0.3, 0.4) is 0 Å². The molecule has 2 aromatic rings. The number of nitrogens with one attached hydrogen (secondary N) is 1. The minimum atomic E-state index is -3.32. The number of thioether (sulfide) groups is 1. The van der Waals surface area contributed by atoms with Gasteiger partial charge in [-0.05, 0) is 29.8 Å². The van der Waals surface area contributed by atoms with Gasteiger partial charge in [0.05, 0.1) is 9.80 Å². The molecule has 0 saturated carbocycles. The first kappa shape index (κ1) is 18.6. The Bertz CT molecular complexity index is 1010. The Morgan fingerprint density at radius 3 is 2.65 bits per heavy atom. The summed E-state index contributed by atoms with van der Waals surface area (Å²) in [5, 5.41) is 2.57. The monoisotopic (exact) mass is 405 g/mol. The second kappa shape index (κ2) is 7.61. The van der Waals surface area contributed by atoms with Gasteiger partial charge in [-0.1, -0.05) is 54.3 Å². The summed E-state index contributed by atoms with van der Waals surface area (Å²) in [5.41, 5.74) is 1.39. The highest BCUT2D eigenvalue weighted by Crippen LogP contribution is 2.27. The molecule has 1 fully saturated rings. The lowest BCUT2D eigenvalue weighted by atomic mass is 10.2. The lowest BCUT2D eigenvalue weighted by Crippen LogP contribution is -2.17. The fourth-order valence-corrected chi connectivity index (χ4v) is 4.39. The summed E-state index contributed by atoms with van der Waals surface area (Å²) in [6.45, 7) is 0.128. The van der Waals surface area contributed by atoms with E-state index in [0.29, 0.717) is 20.5 Å². The highest BCUT2D eigenvalue weighted by Gasteiger charge is 2.21. The van der Waals surface area contributed by atoms with E-state index in [4.69, 9.17) is 17.0 Å². The minimum Gasteiger partial charge on any atom is -0.489 e. The minimum absolute atomic E-state index is 0.128. The average molecular weight is 406 g/mol. The van der Waals surface area contributed by atoms with E-state index in [1.165, 1.54) is 18.0 Å². The number of hydrogen-bond donors (Lipinski definition) is 1. The van der Waals surface area contributed by atoms with Crippen LogP contribution in [0.5, 0.6) is 5.75 Å². The molecule has 0 unspecified atom stereocenters. The summed E-state index contributed by atoms with van der Waals surface area (Å²) in [5.74, 6) is 0.363. The van der Waals surface area contributed by atoms with Crippen LogP contribution in [0.4, 0.5) is 0 Å². The van der Waals surface area contributed by atoms with Crippen molar-refractivity contribution >= 4 is 50.1 Å². The molecule has 1 N–H and O–H groups in total. The maximum Gasteiger partial charge on any atom is 0.263 e. The zero-order chi connectivity index (χ0) is 18.7. The molecule has 134 valence electrons. The molecule has 0 radical (unpaired) electrons. The fourth-order valence-electron chi connectivity index (χ4n) is 2.41. The predicted molar refractivity (Wildman–Crippen MR) is 107 cm³/mol. The van der Waals surface area contributed by atoms with Crippen LogP contribution in [0.2, 0.25) is 0 Å². The van der Waals surface area contributed by atoms with Crippen molar-refractivity contribution in [1.29, 1.82) is 0 Å². The smallest absolute Gasteiger partial charge is 0.263 e. The topological polar surface area (TPSA) is 72.5 Å². The third-order valence-corrected chi connectivity index (χ3v) is 5.92. The van der Waals surface area contributed by atoms with Gasteiger partial charge in [0.2, 0.25) is 0 Å². The number of sulfone groups is 1. The van der Waals surface area contributed by atoms with Gasteiger partial charge in [0, 0.05) is 11.8 Å². The molecule has 5 nitrogen and oxygen atoms in total. The number of benzene rings is 2. The molecule has 1 heterocycles. The van der Waals surface area contributed by atoms with E-state index in [1.54, 1.807) is 48.5 Å². The van der Waals surface area contributed by atoms with E-state index >= 15 is 0 Å². The Kier molecular flexibility index (Phi) is 5.45. The highest BCUT2D eigenvalue weighted by atomic mass is 32.2. The van der Waals surface area contributed by atoms with Crippen molar-refractivity contribution in [2.75, 3.05) is 6.26 Å². The molecular formula is C18H15NO4S3. The largest absolute Gasteiger partial charge is 0.489 e. The molecule has 0 spiro atoms. The van der Waals surface area contributed by atoms with Crippen LogP contribution in [0.1, 0.15) is 11.1 Å². The van der Waals surface area contributed by atoms with Gasteiger partial charge in [0.1, 0.15) is 16.7 Å². The highest BCUT2D eigenvalue weighted by molar-refractivity contribution is 8.26. The Morgan fingerprint density at radius 1 is 1.19 bits per heavy atom. The van der Waals surface area contributed by atoms with Gasteiger partial charge in [-0.3, -0.25) is 4.79 Å². The third-order valence-electron chi connectivity index (χ3n) is 3.56. The van der Waals surface area contributed by atoms with E-state index in [9.17, 15) is 13.2 Å². The van der Waals surface area contributed by atoms with Crippen LogP contribution in [0, 0.1) is 0 Å². The SMILES string of the molecule is CS(=O)(=O)c1ccccc1COc1cccc(C=C2SC(=S)NC2=O)c1. The zero-order valence-electron chi connectivity index (χ0n) is 13.8. The summed E-state index contributed by atoms with van der Waals surface area (Å²) in [6.07, 6.45) is 2.91. The molecule has 8 heteroatoms. The maximum atomic E-state index is 11.9. The summed E-state index contributed by atoms with van der Waals surface area (Å²) >= 11 is 6.18. The van der Waals surface area contributed by atoms with E-state index in [1.807, 2.05) is 6.07 Å². The molecule has 26 heavy (non-hydrogen) atoms. The van der Waals surface area contributed by atoms with Crippen LogP contribution in [0.15, 0.2) is 58.3 Å². The molecule has 1 aliphatic heterocycles. The third kappa shape index (κ3) is 4.51. The van der Waals surface area contributed by atoms with Crippen LogP contribution < -0.4 is 10.1 Å². The Balaban J connectivity index is 1.78. The molecule has 0 aromatic heterocycles. The van der Waals surface area contributed by atoms with Gasteiger partial charge < -0.3 is 10.1 Å². The Hall–Kier alpha value is -2.16. The summed E-state index contributed by atoms with van der Waals surface area (Å²) < 4.78 is 29.9. The fraction of sp³-hybridized carbons (Fsp3) is 0.111. The summed E-state index contributed by atoms with van der Waals surface area (Å²) in [4.78, 5) is 12.5. The first-order chi connectivity index (χ1) is 12.3. The molecule has 1 aliphatic rings. The number of amides is 1. The van der Waals surface area contributed by atoms with Crippen molar-refractivity contribution in [3.05, 3.63) is 64.6 Å². The molecule has 3 rings (SSSR count). The molecule has 0 bridgehead atoms. The molecule has 0 atom stereocenters.